The molecular formula is C20H18ClN3O4S3. The summed E-state index contributed by atoms with van der Waals surface area (Å²) in [6.45, 7) is 0. The van der Waals surface area contributed by atoms with E-state index in [0.29, 0.717) is 22.8 Å². The molecule has 0 amide bonds. The second-order valence-electron chi connectivity index (χ2n) is 6.97. The Morgan fingerprint density at radius 3 is 2.29 bits per heavy atom. The zero-order chi connectivity index (χ0) is 22.2. The quantitative estimate of drug-likeness (QED) is 0.551. The summed E-state index contributed by atoms with van der Waals surface area (Å²) in [4.78, 5) is 0.989. The summed E-state index contributed by atoms with van der Waals surface area (Å²) in [5, 5.41) is 6.81. The number of hydrogen-bond donors (Lipinski definition) is 1. The van der Waals surface area contributed by atoms with E-state index in [0.717, 1.165) is 21.1 Å². The molecule has 4 rings (SSSR count). The molecule has 1 aliphatic rings. The second-order valence-corrected chi connectivity index (χ2v) is 11.9. The number of hydrogen-bond acceptors (Lipinski definition) is 6. The first kappa shape index (κ1) is 21.8. The molecule has 0 fully saturated rings. The molecule has 0 saturated carbocycles. The molecule has 3 aromatic rings. The number of nitrogens with zero attached hydrogens (tertiary/aromatic N) is 2. The van der Waals surface area contributed by atoms with Gasteiger partial charge in [-0.2, -0.15) is 17.9 Å². The van der Waals surface area contributed by atoms with Crippen LogP contribution in [0.5, 0.6) is 0 Å². The number of halogens is 1. The van der Waals surface area contributed by atoms with Gasteiger partial charge in [0.25, 0.3) is 10.0 Å². The molecule has 1 aliphatic heterocycles. The summed E-state index contributed by atoms with van der Waals surface area (Å²) in [6, 6.07) is 16.0. The highest BCUT2D eigenvalue weighted by Crippen LogP contribution is 2.39. The van der Waals surface area contributed by atoms with Crippen molar-refractivity contribution in [3.05, 3.63) is 81.5 Å². The highest BCUT2D eigenvalue weighted by molar-refractivity contribution is 7.92. The van der Waals surface area contributed by atoms with Crippen LogP contribution in [0.25, 0.3) is 0 Å². The molecular weight excluding hydrogens is 478 g/mol. The zero-order valence-corrected chi connectivity index (χ0v) is 19.5. The number of anilines is 1. The van der Waals surface area contributed by atoms with E-state index >= 15 is 0 Å². The van der Waals surface area contributed by atoms with Gasteiger partial charge in [-0.1, -0.05) is 29.8 Å². The van der Waals surface area contributed by atoms with E-state index in [4.69, 9.17) is 11.6 Å². The number of hydrazone groups is 1. The minimum absolute atomic E-state index is 0.108. The molecule has 0 bridgehead atoms. The van der Waals surface area contributed by atoms with E-state index in [2.05, 4.69) is 9.82 Å². The van der Waals surface area contributed by atoms with Gasteiger partial charge in [0.05, 0.1) is 16.9 Å². The van der Waals surface area contributed by atoms with E-state index in [-0.39, 0.29) is 4.90 Å². The molecule has 1 N–H and O–H groups in total. The maximum atomic E-state index is 13.3. The van der Waals surface area contributed by atoms with Gasteiger partial charge < -0.3 is 0 Å². The van der Waals surface area contributed by atoms with E-state index in [1.807, 2.05) is 17.5 Å². The summed E-state index contributed by atoms with van der Waals surface area (Å²) in [5.74, 6) is 0. The lowest BCUT2D eigenvalue weighted by Gasteiger charge is -2.22. The Morgan fingerprint density at radius 1 is 1.03 bits per heavy atom. The standard InChI is InChI=1S/C20H18ClN3O4S3/c1-30(25,26)23-16-8-4-14(5-9-16)18-13-19(20-3-2-12-29-20)24(22-18)31(27,28)17-10-6-15(21)7-11-17/h2-12,19,23H,13H2,1H3/t19-/m1/s1. The van der Waals surface area contributed by atoms with Gasteiger partial charge in [0.15, 0.2) is 0 Å². The van der Waals surface area contributed by atoms with Crippen LogP contribution >= 0.6 is 22.9 Å². The average Bonchev–Trinajstić information content (AvgIpc) is 3.38. The Balaban J connectivity index is 1.71. The number of rotatable bonds is 6. The molecule has 2 aromatic carbocycles. The maximum absolute atomic E-state index is 13.3. The van der Waals surface area contributed by atoms with Crippen molar-refractivity contribution < 1.29 is 16.8 Å². The van der Waals surface area contributed by atoms with Crippen molar-refractivity contribution in [2.24, 2.45) is 5.10 Å². The second kappa shape index (κ2) is 8.27. The number of thiophene rings is 1. The molecule has 7 nitrogen and oxygen atoms in total. The Bertz CT molecular complexity index is 1320. The lowest BCUT2D eigenvalue weighted by atomic mass is 10.0. The molecule has 0 unspecified atom stereocenters. The topological polar surface area (TPSA) is 95.9 Å². The largest absolute Gasteiger partial charge is 0.284 e. The smallest absolute Gasteiger partial charge is 0.279 e. The molecule has 1 aromatic heterocycles. The fourth-order valence-electron chi connectivity index (χ4n) is 3.24. The lowest BCUT2D eigenvalue weighted by molar-refractivity contribution is 0.375. The third-order valence-corrected chi connectivity index (χ3v) is 8.15. The maximum Gasteiger partial charge on any atom is 0.279 e. The molecule has 2 heterocycles. The van der Waals surface area contributed by atoms with Crippen LogP contribution in [0.4, 0.5) is 5.69 Å². The van der Waals surface area contributed by atoms with Crippen LogP contribution in [-0.4, -0.2) is 33.2 Å². The Morgan fingerprint density at radius 2 is 1.71 bits per heavy atom. The summed E-state index contributed by atoms with van der Waals surface area (Å²) >= 11 is 7.38. The van der Waals surface area contributed by atoms with Crippen LogP contribution in [0.15, 0.2) is 76.0 Å². The van der Waals surface area contributed by atoms with Crippen molar-refractivity contribution in [3.8, 4) is 0 Å². The van der Waals surface area contributed by atoms with Gasteiger partial charge in [-0.3, -0.25) is 4.72 Å². The van der Waals surface area contributed by atoms with Gasteiger partial charge in [-0.15, -0.1) is 11.3 Å². The van der Waals surface area contributed by atoms with Crippen molar-refractivity contribution in [1.82, 2.24) is 4.41 Å². The molecule has 0 radical (unpaired) electrons. The summed E-state index contributed by atoms with van der Waals surface area (Å²) < 4.78 is 53.1. The van der Waals surface area contributed by atoms with Gasteiger partial charge >= 0.3 is 0 Å². The minimum Gasteiger partial charge on any atom is -0.284 e. The van der Waals surface area contributed by atoms with E-state index in [1.54, 1.807) is 24.3 Å². The first-order valence-corrected chi connectivity index (χ1v) is 13.7. The van der Waals surface area contributed by atoms with Gasteiger partial charge in [0, 0.05) is 22.0 Å². The monoisotopic (exact) mass is 495 g/mol. The SMILES string of the molecule is CS(=O)(=O)Nc1ccc(C2=NN(S(=O)(=O)c3ccc(Cl)cc3)[C@@H](c3cccs3)C2)cc1. The van der Waals surface area contributed by atoms with E-state index < -0.39 is 26.1 Å². The first-order chi connectivity index (χ1) is 14.6. The van der Waals surface area contributed by atoms with Crippen LogP contribution < -0.4 is 4.72 Å². The Hall–Kier alpha value is -2.40. The predicted molar refractivity (Wildman–Crippen MR) is 124 cm³/mol. The molecule has 31 heavy (non-hydrogen) atoms. The highest BCUT2D eigenvalue weighted by atomic mass is 35.5. The summed E-state index contributed by atoms with van der Waals surface area (Å²) in [6.07, 6.45) is 1.47. The third kappa shape index (κ3) is 4.77. The van der Waals surface area contributed by atoms with Crippen LogP contribution in [0.1, 0.15) is 22.9 Å². The normalized spacial score (nSPS) is 16.9. The highest BCUT2D eigenvalue weighted by Gasteiger charge is 2.38. The van der Waals surface area contributed by atoms with E-state index in [9.17, 15) is 16.8 Å². The van der Waals surface area contributed by atoms with Crippen molar-refractivity contribution >= 4 is 54.4 Å². The minimum atomic E-state index is -3.90. The Kier molecular flexibility index (Phi) is 5.82. The van der Waals surface area contributed by atoms with Gasteiger partial charge in [0.2, 0.25) is 10.0 Å². The lowest BCUT2D eigenvalue weighted by Crippen LogP contribution is -2.26. The average molecular weight is 496 g/mol. The zero-order valence-electron chi connectivity index (χ0n) is 16.3. The van der Waals surface area contributed by atoms with Crippen LogP contribution in [-0.2, 0) is 20.0 Å². The van der Waals surface area contributed by atoms with E-state index in [1.165, 1.54) is 35.6 Å². The molecule has 0 saturated heterocycles. The summed E-state index contributed by atoms with van der Waals surface area (Å²) in [7, 11) is -7.29. The van der Waals surface area contributed by atoms with Gasteiger partial charge in [-0.05, 0) is 53.4 Å². The first-order valence-electron chi connectivity index (χ1n) is 9.12. The third-order valence-electron chi connectivity index (χ3n) is 4.62. The van der Waals surface area contributed by atoms with Crippen LogP contribution in [0, 0.1) is 0 Å². The van der Waals surface area contributed by atoms with Gasteiger partial charge in [-0.25, -0.2) is 8.42 Å². The number of benzene rings is 2. The molecule has 11 heteroatoms. The molecule has 162 valence electrons. The molecule has 0 spiro atoms. The summed E-state index contributed by atoms with van der Waals surface area (Å²) in [5.41, 5.74) is 1.74. The van der Waals surface area contributed by atoms with Crippen molar-refractivity contribution in [1.29, 1.82) is 0 Å². The van der Waals surface area contributed by atoms with Crippen molar-refractivity contribution in [3.63, 3.8) is 0 Å². The number of sulfonamides is 2. The van der Waals surface area contributed by atoms with Gasteiger partial charge in [0.1, 0.15) is 6.04 Å². The number of nitrogens with one attached hydrogen (secondary N) is 1. The fraction of sp³-hybridized carbons (Fsp3) is 0.150. The Labute approximate surface area is 190 Å². The molecule has 1 atom stereocenters. The fourth-order valence-corrected chi connectivity index (χ4v) is 6.23. The molecule has 0 aliphatic carbocycles. The predicted octanol–water partition coefficient (Wildman–Crippen LogP) is 4.31. The van der Waals surface area contributed by atoms with Crippen molar-refractivity contribution in [2.45, 2.75) is 17.4 Å². The van der Waals surface area contributed by atoms with Crippen LogP contribution in [0.2, 0.25) is 5.02 Å². The van der Waals surface area contributed by atoms with Crippen molar-refractivity contribution in [2.75, 3.05) is 11.0 Å². The van der Waals surface area contributed by atoms with Crippen LogP contribution in [0.3, 0.4) is 0 Å².